The average Bonchev–Trinajstić information content (AvgIpc) is 3.52. The third-order valence-corrected chi connectivity index (χ3v) is 8.05. The zero-order valence-corrected chi connectivity index (χ0v) is 25.3. The second-order valence-electron chi connectivity index (χ2n) is 10.3. The van der Waals surface area contributed by atoms with Gasteiger partial charge in [-0.05, 0) is 104 Å². The van der Waals surface area contributed by atoms with Gasteiger partial charge in [-0.3, -0.25) is 9.78 Å². The van der Waals surface area contributed by atoms with E-state index in [1.807, 2.05) is 91.0 Å². The van der Waals surface area contributed by atoms with E-state index < -0.39 is 0 Å². The molecule has 2 aromatic heterocycles. The number of nitrogens with zero attached hydrogens (tertiary/aromatic N) is 3. The molecular formula is C34H30ClN5O2S. The number of carbonyl (C=O) groups is 1. The molecular weight excluding hydrogens is 578 g/mol. The lowest BCUT2D eigenvalue weighted by atomic mass is 9.96. The predicted molar refractivity (Wildman–Crippen MR) is 175 cm³/mol. The van der Waals surface area contributed by atoms with E-state index in [2.05, 4.69) is 51.1 Å². The topological polar surface area (TPSA) is 71.4 Å². The Kier molecular flexibility index (Phi) is 8.13. The molecule has 1 amide bonds. The molecule has 0 unspecified atom stereocenters. The Morgan fingerprint density at radius 1 is 0.953 bits per heavy atom. The highest BCUT2D eigenvalue weighted by molar-refractivity contribution is 7.80. The fourth-order valence-electron chi connectivity index (χ4n) is 5.62. The molecule has 0 aliphatic carbocycles. The second-order valence-corrected chi connectivity index (χ2v) is 11.2. The van der Waals surface area contributed by atoms with Crippen LogP contribution in [0.15, 0.2) is 109 Å². The summed E-state index contributed by atoms with van der Waals surface area (Å²) >= 11 is 12.3. The van der Waals surface area contributed by atoms with E-state index in [4.69, 9.17) is 28.6 Å². The second kappa shape index (κ2) is 12.3. The van der Waals surface area contributed by atoms with Crippen molar-refractivity contribution < 1.29 is 9.53 Å². The van der Waals surface area contributed by atoms with Crippen molar-refractivity contribution in [2.45, 2.75) is 25.9 Å². The summed E-state index contributed by atoms with van der Waals surface area (Å²) in [6.45, 7) is 4.13. The quantitative estimate of drug-likeness (QED) is 0.180. The number of aryl methyl sites for hydroxylation is 1. The van der Waals surface area contributed by atoms with E-state index >= 15 is 0 Å². The molecule has 1 aliphatic rings. The number of hydrogen-bond donors (Lipinski definition) is 2. The first kappa shape index (κ1) is 28.5. The van der Waals surface area contributed by atoms with E-state index in [0.717, 1.165) is 34.0 Å². The molecule has 6 rings (SSSR count). The van der Waals surface area contributed by atoms with Gasteiger partial charge < -0.3 is 24.8 Å². The Morgan fingerprint density at radius 3 is 2.44 bits per heavy atom. The molecule has 2 atom stereocenters. The van der Waals surface area contributed by atoms with Gasteiger partial charge in [0.15, 0.2) is 11.7 Å². The first-order valence-electron chi connectivity index (χ1n) is 13.9. The maximum Gasteiger partial charge on any atom is 0.262 e. The number of amides is 1. The van der Waals surface area contributed by atoms with Crippen LogP contribution in [0.3, 0.4) is 0 Å². The number of hydrogen-bond acceptors (Lipinski definition) is 4. The van der Waals surface area contributed by atoms with Gasteiger partial charge in [0.25, 0.3) is 5.91 Å². The standard InChI is InChI=1S/C34H30ClN5O2S/c1-22-19-29(23(2)39(22)27-10-8-9-24(35)20-27)33-32(30-13-6-7-18-36-30)38-34(43)40(33)26-16-14-25(15-17-26)37-31(41)21-42-28-11-4-3-5-12-28/h3-20,32-33H,21H2,1-2H3,(H,37,41)(H,38,43)/t32-,33+/m0/s1. The van der Waals surface area contributed by atoms with Crippen molar-refractivity contribution in [1.82, 2.24) is 14.9 Å². The molecule has 9 heteroatoms. The van der Waals surface area contributed by atoms with Gasteiger partial charge >= 0.3 is 0 Å². The van der Waals surface area contributed by atoms with Gasteiger partial charge in [-0.2, -0.15) is 0 Å². The molecule has 3 aromatic carbocycles. The summed E-state index contributed by atoms with van der Waals surface area (Å²) in [6, 6.07) is 32.6. The van der Waals surface area contributed by atoms with Gasteiger partial charge in [0.1, 0.15) is 5.75 Å². The van der Waals surface area contributed by atoms with Crippen molar-refractivity contribution in [2.75, 3.05) is 16.8 Å². The van der Waals surface area contributed by atoms with Crippen molar-refractivity contribution in [3.8, 4) is 11.4 Å². The van der Waals surface area contributed by atoms with Gasteiger partial charge in [0.2, 0.25) is 0 Å². The van der Waals surface area contributed by atoms with Crippen molar-refractivity contribution in [1.29, 1.82) is 0 Å². The average molecular weight is 608 g/mol. The molecule has 0 spiro atoms. The number of aromatic nitrogens is 2. The fourth-order valence-corrected chi connectivity index (χ4v) is 6.15. The molecule has 1 saturated heterocycles. The van der Waals surface area contributed by atoms with Gasteiger partial charge in [0.05, 0.1) is 17.8 Å². The number of pyridine rings is 1. The van der Waals surface area contributed by atoms with Crippen molar-refractivity contribution in [2.24, 2.45) is 0 Å². The first-order valence-corrected chi connectivity index (χ1v) is 14.7. The van der Waals surface area contributed by atoms with E-state index in [-0.39, 0.29) is 24.6 Å². The number of nitrogens with one attached hydrogen (secondary N) is 2. The summed E-state index contributed by atoms with van der Waals surface area (Å²) in [5.41, 5.74) is 6.75. The normalized spacial score (nSPS) is 16.2. The lowest BCUT2D eigenvalue weighted by molar-refractivity contribution is -0.118. The molecule has 1 aliphatic heterocycles. The van der Waals surface area contributed by atoms with Gasteiger partial charge in [-0.25, -0.2) is 0 Å². The number of carbonyl (C=O) groups excluding carboxylic acids is 1. The first-order chi connectivity index (χ1) is 20.9. The van der Waals surface area contributed by atoms with Crippen LogP contribution in [0.25, 0.3) is 5.69 Å². The SMILES string of the molecule is Cc1cc([C@@H]2[C@H](c3ccccn3)NC(=S)N2c2ccc(NC(=O)COc3ccccc3)cc2)c(C)n1-c1cccc(Cl)c1. The third-order valence-electron chi connectivity index (χ3n) is 7.50. The molecule has 2 N–H and O–H groups in total. The minimum Gasteiger partial charge on any atom is -0.484 e. The maximum atomic E-state index is 12.5. The highest BCUT2D eigenvalue weighted by Crippen LogP contribution is 2.44. The summed E-state index contributed by atoms with van der Waals surface area (Å²) in [6.07, 6.45) is 1.80. The highest BCUT2D eigenvalue weighted by atomic mass is 35.5. The van der Waals surface area contributed by atoms with Crippen molar-refractivity contribution in [3.63, 3.8) is 0 Å². The molecule has 5 aromatic rings. The number of thiocarbonyl (C=S) groups is 1. The van der Waals surface area contributed by atoms with Crippen molar-refractivity contribution in [3.05, 3.63) is 137 Å². The maximum absolute atomic E-state index is 12.5. The lowest BCUT2D eigenvalue weighted by Gasteiger charge is -2.28. The van der Waals surface area contributed by atoms with E-state index in [1.54, 1.807) is 6.20 Å². The van der Waals surface area contributed by atoms with E-state index in [0.29, 0.717) is 21.6 Å². The zero-order valence-electron chi connectivity index (χ0n) is 23.7. The van der Waals surface area contributed by atoms with Crippen LogP contribution in [0.5, 0.6) is 5.75 Å². The molecule has 3 heterocycles. The Bertz CT molecular complexity index is 1760. The van der Waals surface area contributed by atoms with Crippen LogP contribution in [-0.4, -0.2) is 27.2 Å². The minimum absolute atomic E-state index is 0.0814. The van der Waals surface area contributed by atoms with Crippen LogP contribution >= 0.6 is 23.8 Å². The summed E-state index contributed by atoms with van der Waals surface area (Å²) < 4.78 is 7.79. The predicted octanol–water partition coefficient (Wildman–Crippen LogP) is 7.34. The number of para-hydroxylation sites is 1. The van der Waals surface area contributed by atoms with Crippen LogP contribution in [0, 0.1) is 13.8 Å². The fraction of sp³-hybridized carbons (Fsp3) is 0.147. The smallest absolute Gasteiger partial charge is 0.262 e. The summed E-state index contributed by atoms with van der Waals surface area (Å²) in [5.74, 6) is 0.405. The van der Waals surface area contributed by atoms with Crippen LogP contribution in [0.1, 0.15) is 34.7 Å². The Balaban J connectivity index is 1.31. The molecule has 1 fully saturated rings. The number of anilines is 2. The van der Waals surface area contributed by atoms with Crippen LogP contribution in [-0.2, 0) is 4.79 Å². The summed E-state index contributed by atoms with van der Waals surface area (Å²) in [5, 5.41) is 7.72. The molecule has 0 saturated carbocycles. The van der Waals surface area contributed by atoms with Gasteiger partial charge in [-0.15, -0.1) is 0 Å². The minimum atomic E-state index is -0.239. The van der Waals surface area contributed by atoms with Crippen LogP contribution in [0.2, 0.25) is 5.02 Å². The Morgan fingerprint density at radius 2 is 1.72 bits per heavy atom. The van der Waals surface area contributed by atoms with Gasteiger partial charge in [-0.1, -0.05) is 41.9 Å². The van der Waals surface area contributed by atoms with E-state index in [1.165, 1.54) is 0 Å². The molecule has 0 radical (unpaired) electrons. The van der Waals surface area contributed by atoms with Crippen LogP contribution in [0.4, 0.5) is 11.4 Å². The number of ether oxygens (including phenoxy) is 1. The van der Waals surface area contributed by atoms with E-state index in [9.17, 15) is 4.79 Å². The Hall–Kier alpha value is -4.66. The monoisotopic (exact) mass is 607 g/mol. The number of rotatable bonds is 8. The summed E-state index contributed by atoms with van der Waals surface area (Å²) in [4.78, 5) is 19.3. The lowest BCUT2D eigenvalue weighted by Crippen LogP contribution is -2.29. The number of benzene rings is 3. The molecule has 43 heavy (non-hydrogen) atoms. The van der Waals surface area contributed by atoms with Crippen molar-refractivity contribution >= 4 is 46.2 Å². The molecule has 216 valence electrons. The Labute approximate surface area is 261 Å². The summed E-state index contributed by atoms with van der Waals surface area (Å²) in [7, 11) is 0. The molecule has 7 nitrogen and oxygen atoms in total. The number of halogens is 1. The molecule has 0 bridgehead atoms. The zero-order chi connectivity index (χ0) is 29.9. The third kappa shape index (κ3) is 5.98. The largest absolute Gasteiger partial charge is 0.484 e. The van der Waals surface area contributed by atoms with Gasteiger partial charge in [0, 0.05) is 39.7 Å². The van der Waals surface area contributed by atoms with Crippen LogP contribution < -0.4 is 20.3 Å². The highest BCUT2D eigenvalue weighted by Gasteiger charge is 2.42.